The van der Waals surface area contributed by atoms with E-state index in [-0.39, 0.29) is 5.91 Å². The van der Waals surface area contributed by atoms with E-state index in [4.69, 9.17) is 5.73 Å². The Hall–Kier alpha value is -1.39. The molecule has 2 fully saturated rings. The van der Waals surface area contributed by atoms with Gasteiger partial charge >= 0.3 is 0 Å². The normalized spacial score (nSPS) is 27.1. The minimum Gasteiger partial charge on any atom is -0.334 e. The second-order valence-corrected chi connectivity index (χ2v) is 5.92. The van der Waals surface area contributed by atoms with Gasteiger partial charge in [0.25, 0.3) is 0 Å². The summed E-state index contributed by atoms with van der Waals surface area (Å²) in [7, 11) is 0. The van der Waals surface area contributed by atoms with Crippen LogP contribution in [0.4, 0.5) is 0 Å². The maximum atomic E-state index is 12.7. The molecule has 0 radical (unpaired) electrons. The minimum absolute atomic E-state index is 0.130. The second-order valence-electron chi connectivity index (χ2n) is 5.92. The first-order valence-corrected chi connectivity index (χ1v) is 7.58. The summed E-state index contributed by atoms with van der Waals surface area (Å²) in [6, 6.07) is 10.4. The van der Waals surface area contributed by atoms with Gasteiger partial charge in [0.15, 0.2) is 0 Å². The number of hydrogen-bond acceptors (Lipinski definition) is 3. The molecule has 4 nitrogen and oxygen atoms in total. The Morgan fingerprint density at radius 3 is 2.80 bits per heavy atom. The molecule has 20 heavy (non-hydrogen) atoms. The van der Waals surface area contributed by atoms with Gasteiger partial charge in [0.05, 0.1) is 6.04 Å². The van der Waals surface area contributed by atoms with Crippen molar-refractivity contribution in [3.63, 3.8) is 0 Å². The van der Waals surface area contributed by atoms with Crippen LogP contribution in [0.2, 0.25) is 0 Å². The number of nitrogens with zero attached hydrogens (tertiary/aromatic N) is 1. The third-order valence-electron chi connectivity index (χ3n) is 4.52. The molecular weight excluding hydrogens is 250 g/mol. The van der Waals surface area contributed by atoms with Crippen molar-refractivity contribution in [2.75, 3.05) is 13.1 Å². The van der Waals surface area contributed by atoms with Crippen molar-refractivity contribution >= 4 is 5.91 Å². The highest BCUT2D eigenvalue weighted by molar-refractivity contribution is 5.83. The van der Waals surface area contributed by atoms with E-state index in [1.54, 1.807) is 0 Å². The molecule has 2 saturated heterocycles. The highest BCUT2D eigenvalue weighted by atomic mass is 16.2. The van der Waals surface area contributed by atoms with Crippen LogP contribution in [0.1, 0.15) is 24.8 Å². The van der Waals surface area contributed by atoms with Crippen LogP contribution in [0.5, 0.6) is 0 Å². The lowest BCUT2D eigenvalue weighted by molar-refractivity contribution is -0.135. The fourth-order valence-electron chi connectivity index (χ4n) is 3.49. The molecule has 0 saturated carbocycles. The molecule has 3 atom stereocenters. The summed E-state index contributed by atoms with van der Waals surface area (Å²) in [5.41, 5.74) is 7.30. The molecule has 0 spiro atoms. The summed E-state index contributed by atoms with van der Waals surface area (Å²) in [6.07, 6.45) is 3.93. The number of fused-ring (bicyclic) bond motifs is 2. The average molecular weight is 273 g/mol. The second kappa shape index (κ2) is 5.94. The molecule has 108 valence electrons. The fourth-order valence-corrected chi connectivity index (χ4v) is 3.49. The van der Waals surface area contributed by atoms with Crippen LogP contribution >= 0.6 is 0 Å². The van der Waals surface area contributed by atoms with Crippen molar-refractivity contribution in [2.45, 2.75) is 43.8 Å². The zero-order chi connectivity index (χ0) is 13.9. The van der Waals surface area contributed by atoms with Crippen LogP contribution in [0.3, 0.4) is 0 Å². The quantitative estimate of drug-likeness (QED) is 0.860. The maximum Gasteiger partial charge on any atom is 0.240 e. The molecule has 1 aromatic carbocycles. The van der Waals surface area contributed by atoms with E-state index < -0.39 is 6.04 Å². The first kappa shape index (κ1) is 13.6. The predicted molar refractivity (Wildman–Crippen MR) is 79.3 cm³/mol. The Morgan fingerprint density at radius 1 is 1.25 bits per heavy atom. The number of carbonyl (C=O) groups excluding carboxylic acids is 1. The standard InChI is InChI=1S/C16H23N3O/c17-15(10-12-4-2-1-3-5-12)16(20)19-13-6-7-14(19)11-18-9-8-13/h1-5,13-15,18H,6-11,17H2. The summed E-state index contributed by atoms with van der Waals surface area (Å²) < 4.78 is 0. The first-order chi connectivity index (χ1) is 9.75. The van der Waals surface area contributed by atoms with Gasteiger partial charge in [0.1, 0.15) is 0 Å². The van der Waals surface area contributed by atoms with Crippen molar-refractivity contribution in [1.29, 1.82) is 0 Å². The van der Waals surface area contributed by atoms with E-state index in [0.717, 1.165) is 37.9 Å². The monoisotopic (exact) mass is 273 g/mol. The third kappa shape index (κ3) is 2.72. The first-order valence-electron chi connectivity index (χ1n) is 7.58. The summed E-state index contributed by atoms with van der Waals surface area (Å²) >= 11 is 0. The Kier molecular flexibility index (Phi) is 4.03. The van der Waals surface area contributed by atoms with Gasteiger partial charge in [-0.25, -0.2) is 0 Å². The van der Waals surface area contributed by atoms with Crippen LogP contribution in [-0.4, -0.2) is 42.0 Å². The summed E-state index contributed by atoms with van der Waals surface area (Å²) in [6.45, 7) is 1.93. The van der Waals surface area contributed by atoms with Gasteiger partial charge in [-0.15, -0.1) is 0 Å². The molecule has 2 heterocycles. The number of rotatable bonds is 3. The van der Waals surface area contributed by atoms with Crippen molar-refractivity contribution < 1.29 is 4.79 Å². The molecule has 3 unspecified atom stereocenters. The number of hydrogen-bond donors (Lipinski definition) is 2. The van der Waals surface area contributed by atoms with Crippen LogP contribution in [0.25, 0.3) is 0 Å². The smallest absolute Gasteiger partial charge is 0.240 e. The van der Waals surface area contributed by atoms with Gasteiger partial charge in [-0.05, 0) is 37.8 Å². The van der Waals surface area contributed by atoms with E-state index in [0.29, 0.717) is 18.5 Å². The molecule has 3 N–H and O–H groups in total. The average Bonchev–Trinajstić information content (AvgIpc) is 2.72. The molecule has 4 heteroatoms. The summed E-state index contributed by atoms with van der Waals surface area (Å²) in [4.78, 5) is 14.8. The Labute approximate surface area is 120 Å². The predicted octanol–water partition coefficient (Wildman–Crippen LogP) is 0.909. The van der Waals surface area contributed by atoms with E-state index in [2.05, 4.69) is 10.2 Å². The van der Waals surface area contributed by atoms with Crippen LogP contribution in [-0.2, 0) is 11.2 Å². The SMILES string of the molecule is NC(Cc1ccccc1)C(=O)N1C2CCNCC1CC2. The van der Waals surface area contributed by atoms with E-state index in [1.165, 1.54) is 0 Å². The zero-order valence-electron chi connectivity index (χ0n) is 11.8. The molecule has 2 bridgehead atoms. The summed E-state index contributed by atoms with van der Waals surface area (Å²) in [5, 5.41) is 3.42. The Bertz CT molecular complexity index is 448. The van der Waals surface area contributed by atoms with E-state index in [9.17, 15) is 4.79 Å². The summed E-state index contributed by atoms with van der Waals surface area (Å²) in [5.74, 6) is 0.130. The van der Waals surface area contributed by atoms with Gasteiger partial charge in [0.2, 0.25) is 5.91 Å². The molecule has 0 aliphatic carbocycles. The highest BCUT2D eigenvalue weighted by Crippen LogP contribution is 2.28. The van der Waals surface area contributed by atoms with E-state index in [1.807, 2.05) is 30.3 Å². The highest BCUT2D eigenvalue weighted by Gasteiger charge is 2.39. The molecule has 3 rings (SSSR count). The molecule has 2 aliphatic heterocycles. The number of carbonyl (C=O) groups is 1. The Balaban J connectivity index is 1.68. The largest absolute Gasteiger partial charge is 0.334 e. The molecule has 1 aromatic rings. The van der Waals surface area contributed by atoms with Gasteiger partial charge < -0.3 is 16.0 Å². The Morgan fingerprint density at radius 2 is 2.00 bits per heavy atom. The van der Waals surface area contributed by atoms with Gasteiger partial charge in [-0.3, -0.25) is 4.79 Å². The number of amides is 1. The molecule has 1 amide bonds. The molecule has 2 aliphatic rings. The minimum atomic E-state index is -0.418. The lowest BCUT2D eigenvalue weighted by Gasteiger charge is -2.30. The lowest BCUT2D eigenvalue weighted by Crippen LogP contribution is -2.50. The van der Waals surface area contributed by atoms with Crippen molar-refractivity contribution in [3.8, 4) is 0 Å². The number of nitrogens with one attached hydrogen (secondary N) is 1. The zero-order valence-corrected chi connectivity index (χ0v) is 11.8. The van der Waals surface area contributed by atoms with E-state index >= 15 is 0 Å². The van der Waals surface area contributed by atoms with Gasteiger partial charge in [0, 0.05) is 18.6 Å². The van der Waals surface area contributed by atoms with Crippen LogP contribution < -0.4 is 11.1 Å². The number of benzene rings is 1. The fraction of sp³-hybridized carbons (Fsp3) is 0.562. The van der Waals surface area contributed by atoms with Gasteiger partial charge in [-0.2, -0.15) is 0 Å². The van der Waals surface area contributed by atoms with Gasteiger partial charge in [-0.1, -0.05) is 30.3 Å². The molecule has 0 aromatic heterocycles. The van der Waals surface area contributed by atoms with Crippen molar-refractivity contribution in [2.24, 2.45) is 5.73 Å². The van der Waals surface area contributed by atoms with Crippen LogP contribution in [0.15, 0.2) is 30.3 Å². The maximum absolute atomic E-state index is 12.7. The van der Waals surface area contributed by atoms with Crippen molar-refractivity contribution in [3.05, 3.63) is 35.9 Å². The molecular formula is C16H23N3O. The lowest BCUT2D eigenvalue weighted by atomic mass is 10.0. The third-order valence-corrected chi connectivity index (χ3v) is 4.52. The topological polar surface area (TPSA) is 58.4 Å². The van der Waals surface area contributed by atoms with Crippen LogP contribution in [0, 0.1) is 0 Å². The number of nitrogens with two attached hydrogens (primary N) is 1. The van der Waals surface area contributed by atoms with Crippen molar-refractivity contribution in [1.82, 2.24) is 10.2 Å².